The zero-order chi connectivity index (χ0) is 8.27. The van der Waals surface area contributed by atoms with Crippen LogP contribution in [0.1, 0.15) is 20.8 Å². The Labute approximate surface area is 68.5 Å². The summed E-state index contributed by atoms with van der Waals surface area (Å²) in [5, 5.41) is 0. The molecule has 0 radical (unpaired) electrons. The van der Waals surface area contributed by atoms with Gasteiger partial charge in [0.1, 0.15) is 0 Å². The molecule has 0 aromatic heterocycles. The maximum absolute atomic E-state index is 4.29. The van der Waals surface area contributed by atoms with Crippen LogP contribution in [0.15, 0.2) is 28.3 Å². The lowest BCUT2D eigenvalue weighted by atomic mass is 10.0. The van der Waals surface area contributed by atoms with E-state index in [0.29, 0.717) is 5.92 Å². The highest BCUT2D eigenvalue weighted by molar-refractivity contribution is 5.80. The Balaban J connectivity index is 2.81. The molecule has 0 spiro atoms. The minimum atomic E-state index is 0.584. The van der Waals surface area contributed by atoms with Gasteiger partial charge < -0.3 is 0 Å². The van der Waals surface area contributed by atoms with E-state index in [0.717, 1.165) is 6.54 Å². The number of aliphatic imine (C=N–C) groups is 1. The van der Waals surface area contributed by atoms with E-state index >= 15 is 0 Å². The molecule has 1 nitrogen and oxygen atoms in total. The molecule has 0 amide bonds. The summed E-state index contributed by atoms with van der Waals surface area (Å²) in [4.78, 5) is 4.29. The van der Waals surface area contributed by atoms with E-state index in [1.54, 1.807) is 0 Å². The third-order valence-electron chi connectivity index (χ3n) is 1.81. The third kappa shape index (κ3) is 2.34. The van der Waals surface area contributed by atoms with E-state index in [1.165, 1.54) is 11.1 Å². The normalized spacial score (nSPS) is 17.8. The molecule has 0 saturated heterocycles. The van der Waals surface area contributed by atoms with Gasteiger partial charge in [0.15, 0.2) is 0 Å². The Morgan fingerprint density at radius 1 is 1.36 bits per heavy atom. The monoisotopic (exact) mass is 149 g/mol. The number of allylic oxidation sites excluding steroid dienone is 3. The molecule has 0 unspecified atom stereocenters. The van der Waals surface area contributed by atoms with E-state index in [1.807, 2.05) is 6.21 Å². The van der Waals surface area contributed by atoms with Crippen LogP contribution in [0.2, 0.25) is 0 Å². The quantitative estimate of drug-likeness (QED) is 0.543. The van der Waals surface area contributed by atoms with Gasteiger partial charge in [-0.2, -0.15) is 0 Å². The van der Waals surface area contributed by atoms with Crippen molar-refractivity contribution in [3.05, 3.63) is 23.3 Å². The maximum Gasteiger partial charge on any atom is 0.0600 e. The lowest BCUT2D eigenvalue weighted by molar-refractivity contribution is 0.807. The predicted molar refractivity (Wildman–Crippen MR) is 50.0 cm³/mol. The van der Waals surface area contributed by atoms with Gasteiger partial charge in [-0.05, 0) is 18.4 Å². The van der Waals surface area contributed by atoms with Crippen LogP contribution >= 0.6 is 0 Å². The first-order valence-corrected chi connectivity index (χ1v) is 4.07. The highest BCUT2D eigenvalue weighted by atomic mass is 14.7. The topological polar surface area (TPSA) is 12.4 Å². The van der Waals surface area contributed by atoms with E-state index in [4.69, 9.17) is 0 Å². The van der Waals surface area contributed by atoms with Crippen LogP contribution in [0.4, 0.5) is 0 Å². The smallest absolute Gasteiger partial charge is 0.0600 e. The summed E-state index contributed by atoms with van der Waals surface area (Å²) in [5.74, 6) is 0.584. The fourth-order valence-electron chi connectivity index (χ4n) is 0.971. The largest absolute Gasteiger partial charge is 0.288 e. The van der Waals surface area contributed by atoms with Crippen LogP contribution in [0.25, 0.3) is 0 Å². The maximum atomic E-state index is 4.29. The predicted octanol–water partition coefficient (Wildman–Crippen LogP) is 2.60. The average molecular weight is 149 g/mol. The molecule has 0 aliphatic carbocycles. The highest BCUT2D eigenvalue weighted by Gasteiger charge is 2.00. The minimum Gasteiger partial charge on any atom is -0.288 e. The molecule has 11 heavy (non-hydrogen) atoms. The Morgan fingerprint density at radius 3 is 2.73 bits per heavy atom. The summed E-state index contributed by atoms with van der Waals surface area (Å²) in [6.45, 7) is 7.34. The summed E-state index contributed by atoms with van der Waals surface area (Å²) in [6.07, 6.45) is 6.30. The van der Waals surface area contributed by atoms with Crippen LogP contribution in [-0.2, 0) is 0 Å². The first kappa shape index (κ1) is 8.25. The Bertz CT molecular complexity index is 219. The van der Waals surface area contributed by atoms with Crippen molar-refractivity contribution in [3.8, 4) is 0 Å². The summed E-state index contributed by atoms with van der Waals surface area (Å²) in [5.41, 5.74) is 2.65. The van der Waals surface area contributed by atoms with Crippen molar-refractivity contribution in [1.29, 1.82) is 0 Å². The van der Waals surface area contributed by atoms with Crippen LogP contribution in [0, 0.1) is 5.92 Å². The number of rotatable bonds is 1. The number of nitrogens with zero attached hydrogens (tertiary/aromatic N) is 1. The van der Waals surface area contributed by atoms with E-state index < -0.39 is 0 Å². The van der Waals surface area contributed by atoms with Crippen LogP contribution in [0.3, 0.4) is 0 Å². The van der Waals surface area contributed by atoms with E-state index in [2.05, 4.69) is 37.9 Å². The van der Waals surface area contributed by atoms with Gasteiger partial charge in [0.05, 0.1) is 6.54 Å². The van der Waals surface area contributed by atoms with E-state index in [9.17, 15) is 0 Å². The third-order valence-corrected chi connectivity index (χ3v) is 1.81. The summed E-state index contributed by atoms with van der Waals surface area (Å²) >= 11 is 0. The molecule has 0 saturated carbocycles. The summed E-state index contributed by atoms with van der Waals surface area (Å²) in [7, 11) is 0. The first-order chi connectivity index (χ1) is 5.20. The van der Waals surface area contributed by atoms with Gasteiger partial charge in [-0.25, -0.2) is 0 Å². The molecular weight excluding hydrogens is 134 g/mol. The average Bonchev–Trinajstić information content (AvgIpc) is 2.13. The highest BCUT2D eigenvalue weighted by Crippen LogP contribution is 2.10. The molecule has 1 rings (SSSR count). The van der Waals surface area contributed by atoms with Crippen molar-refractivity contribution in [2.24, 2.45) is 10.9 Å². The molecule has 0 N–H and O–H groups in total. The first-order valence-electron chi connectivity index (χ1n) is 4.07. The SMILES string of the molecule is CC1=CC=C(C(C)C)C=NC1. The van der Waals surface area contributed by atoms with Crippen molar-refractivity contribution in [2.75, 3.05) is 6.54 Å². The van der Waals surface area contributed by atoms with Gasteiger partial charge in [0.2, 0.25) is 0 Å². The zero-order valence-corrected chi connectivity index (χ0v) is 7.46. The van der Waals surface area contributed by atoms with Crippen molar-refractivity contribution >= 4 is 6.21 Å². The fraction of sp³-hybridized carbons (Fsp3) is 0.500. The fourth-order valence-corrected chi connectivity index (χ4v) is 0.971. The molecule has 0 aromatic rings. The van der Waals surface area contributed by atoms with Crippen LogP contribution in [0.5, 0.6) is 0 Å². The molecule has 0 aromatic carbocycles. The van der Waals surface area contributed by atoms with Gasteiger partial charge in [-0.15, -0.1) is 0 Å². The number of hydrogen-bond donors (Lipinski definition) is 0. The van der Waals surface area contributed by atoms with Gasteiger partial charge in [-0.1, -0.05) is 31.6 Å². The van der Waals surface area contributed by atoms with Gasteiger partial charge in [-0.3, -0.25) is 4.99 Å². The molecule has 1 heteroatoms. The molecular formula is C10H15N. The lowest BCUT2D eigenvalue weighted by Crippen LogP contribution is -1.94. The van der Waals surface area contributed by atoms with Crippen molar-refractivity contribution in [1.82, 2.24) is 0 Å². The molecule has 1 heterocycles. The van der Waals surface area contributed by atoms with Crippen molar-refractivity contribution in [2.45, 2.75) is 20.8 Å². The molecule has 0 atom stereocenters. The molecule has 60 valence electrons. The molecule has 0 fully saturated rings. The van der Waals surface area contributed by atoms with Crippen LogP contribution in [-0.4, -0.2) is 12.8 Å². The lowest BCUT2D eigenvalue weighted by Gasteiger charge is -2.01. The van der Waals surface area contributed by atoms with Crippen molar-refractivity contribution < 1.29 is 0 Å². The van der Waals surface area contributed by atoms with E-state index in [-0.39, 0.29) is 0 Å². The second-order valence-corrected chi connectivity index (χ2v) is 3.30. The Kier molecular flexibility index (Phi) is 2.64. The minimum absolute atomic E-state index is 0.584. The standard InChI is InChI=1S/C10H15N/c1-8(2)10-5-4-9(3)6-11-7-10/h4-5,7-8H,6H2,1-3H3. The zero-order valence-electron chi connectivity index (χ0n) is 7.46. The van der Waals surface area contributed by atoms with Gasteiger partial charge >= 0.3 is 0 Å². The van der Waals surface area contributed by atoms with Crippen molar-refractivity contribution in [3.63, 3.8) is 0 Å². The molecule has 1 aliphatic rings. The molecule has 1 aliphatic heterocycles. The molecule has 0 bridgehead atoms. The summed E-state index contributed by atoms with van der Waals surface area (Å²) in [6, 6.07) is 0. The Hall–Kier alpha value is -0.850. The second-order valence-electron chi connectivity index (χ2n) is 3.30. The van der Waals surface area contributed by atoms with Crippen LogP contribution < -0.4 is 0 Å². The van der Waals surface area contributed by atoms with Gasteiger partial charge in [0.25, 0.3) is 0 Å². The van der Waals surface area contributed by atoms with Gasteiger partial charge in [0, 0.05) is 6.21 Å². The summed E-state index contributed by atoms with van der Waals surface area (Å²) < 4.78 is 0. The Morgan fingerprint density at radius 2 is 2.09 bits per heavy atom. The second kappa shape index (κ2) is 3.51. The number of hydrogen-bond acceptors (Lipinski definition) is 1.